The monoisotopic (exact) mass is 280 g/mol. The summed E-state index contributed by atoms with van der Waals surface area (Å²) in [5, 5.41) is 7.10. The number of nitrogens with two attached hydrogens (primary N) is 1. The van der Waals surface area contributed by atoms with Gasteiger partial charge in [0.25, 0.3) is 0 Å². The molecule has 1 heterocycles. The molecule has 0 unspecified atom stereocenters. The fraction of sp³-hybridized carbons (Fsp3) is 0.273. The van der Waals surface area contributed by atoms with Crippen molar-refractivity contribution in [3.05, 3.63) is 34.6 Å². The fourth-order valence-electron chi connectivity index (χ4n) is 1.40. The maximum absolute atomic E-state index is 5.44. The van der Waals surface area contributed by atoms with Crippen molar-refractivity contribution < 1.29 is 0 Å². The summed E-state index contributed by atoms with van der Waals surface area (Å²) in [4.78, 5) is 4.41. The van der Waals surface area contributed by atoms with Crippen LogP contribution < -0.4 is 5.73 Å². The Labute approximate surface area is 102 Å². The average molecular weight is 281 g/mol. The number of aryl methyl sites for hydroxylation is 1. The Morgan fingerprint density at radius 3 is 2.69 bits per heavy atom. The molecule has 2 aromatic rings. The quantitative estimate of drug-likeness (QED) is 0.902. The van der Waals surface area contributed by atoms with Gasteiger partial charge in [0.05, 0.1) is 0 Å². The Hall–Kier alpha value is -1.20. The largest absolute Gasteiger partial charge is 0.330 e. The van der Waals surface area contributed by atoms with E-state index in [0.29, 0.717) is 6.54 Å². The number of hydrogen-bond donors (Lipinski definition) is 2. The molecule has 0 aliphatic carbocycles. The maximum Gasteiger partial charge on any atom is 0.181 e. The molecule has 0 aliphatic heterocycles. The summed E-state index contributed by atoms with van der Waals surface area (Å²) in [6.45, 7) is 0.675. The highest BCUT2D eigenvalue weighted by Gasteiger charge is 2.04. The van der Waals surface area contributed by atoms with E-state index < -0.39 is 0 Å². The molecule has 0 spiro atoms. The van der Waals surface area contributed by atoms with Crippen LogP contribution in [0.1, 0.15) is 12.2 Å². The van der Waals surface area contributed by atoms with Gasteiger partial charge < -0.3 is 5.73 Å². The van der Waals surface area contributed by atoms with Gasteiger partial charge in [-0.25, -0.2) is 4.98 Å². The highest BCUT2D eigenvalue weighted by atomic mass is 79.9. The van der Waals surface area contributed by atoms with E-state index >= 15 is 0 Å². The summed E-state index contributed by atoms with van der Waals surface area (Å²) < 4.78 is 1.05. The van der Waals surface area contributed by atoms with Gasteiger partial charge in [0.2, 0.25) is 0 Å². The Balaban J connectivity index is 2.15. The van der Waals surface area contributed by atoms with Crippen LogP contribution in [0.4, 0.5) is 0 Å². The molecule has 0 bridgehead atoms. The van der Waals surface area contributed by atoms with Crippen molar-refractivity contribution in [1.82, 2.24) is 15.2 Å². The van der Waals surface area contributed by atoms with E-state index in [4.69, 9.17) is 5.73 Å². The van der Waals surface area contributed by atoms with Crippen LogP contribution in [-0.2, 0) is 6.42 Å². The lowest BCUT2D eigenvalue weighted by molar-refractivity contribution is 0.785. The topological polar surface area (TPSA) is 67.6 Å². The molecular weight excluding hydrogens is 268 g/mol. The van der Waals surface area contributed by atoms with E-state index in [0.717, 1.165) is 34.5 Å². The van der Waals surface area contributed by atoms with Gasteiger partial charge in [-0.2, -0.15) is 5.10 Å². The summed E-state index contributed by atoms with van der Waals surface area (Å²) in [6, 6.07) is 7.93. The first-order valence-electron chi connectivity index (χ1n) is 5.17. The van der Waals surface area contributed by atoms with Crippen LogP contribution in [-0.4, -0.2) is 21.7 Å². The fourth-order valence-corrected chi connectivity index (χ4v) is 1.67. The Bertz CT molecular complexity index is 449. The van der Waals surface area contributed by atoms with Crippen LogP contribution in [0, 0.1) is 0 Å². The molecule has 0 saturated carbocycles. The molecule has 1 aromatic carbocycles. The minimum atomic E-state index is 0.675. The van der Waals surface area contributed by atoms with Crippen molar-refractivity contribution in [3.8, 4) is 11.4 Å². The number of aromatic amines is 1. The van der Waals surface area contributed by atoms with Crippen LogP contribution in [0.3, 0.4) is 0 Å². The second-order valence-corrected chi connectivity index (χ2v) is 4.42. The van der Waals surface area contributed by atoms with Crippen LogP contribution in [0.25, 0.3) is 11.4 Å². The van der Waals surface area contributed by atoms with E-state index in [9.17, 15) is 0 Å². The predicted octanol–water partition coefficient (Wildman–Crippen LogP) is 2.13. The maximum atomic E-state index is 5.44. The summed E-state index contributed by atoms with van der Waals surface area (Å²) >= 11 is 3.39. The minimum absolute atomic E-state index is 0.675. The summed E-state index contributed by atoms with van der Waals surface area (Å²) in [6.07, 6.45) is 1.77. The van der Waals surface area contributed by atoms with Crippen LogP contribution in [0.5, 0.6) is 0 Å². The van der Waals surface area contributed by atoms with Gasteiger partial charge in [0.15, 0.2) is 5.82 Å². The van der Waals surface area contributed by atoms with Crippen molar-refractivity contribution in [2.24, 2.45) is 5.73 Å². The van der Waals surface area contributed by atoms with Gasteiger partial charge in [-0.3, -0.25) is 5.10 Å². The first-order valence-corrected chi connectivity index (χ1v) is 5.96. The molecule has 0 aliphatic rings. The molecule has 4 nitrogen and oxygen atoms in total. The summed E-state index contributed by atoms with van der Waals surface area (Å²) in [5.41, 5.74) is 6.46. The molecular formula is C11H13BrN4. The molecule has 0 fully saturated rings. The van der Waals surface area contributed by atoms with Crippen molar-refractivity contribution in [1.29, 1.82) is 0 Å². The first-order chi connectivity index (χ1) is 7.79. The van der Waals surface area contributed by atoms with Crippen molar-refractivity contribution in [2.75, 3.05) is 6.54 Å². The van der Waals surface area contributed by atoms with Crippen LogP contribution in [0.15, 0.2) is 28.7 Å². The van der Waals surface area contributed by atoms with Gasteiger partial charge in [-0.05, 0) is 25.1 Å². The summed E-state index contributed by atoms with van der Waals surface area (Å²) in [5.74, 6) is 1.63. The molecule has 16 heavy (non-hydrogen) atoms. The zero-order chi connectivity index (χ0) is 11.4. The number of hydrogen-bond acceptors (Lipinski definition) is 3. The van der Waals surface area contributed by atoms with Crippen molar-refractivity contribution in [3.63, 3.8) is 0 Å². The average Bonchev–Trinajstić information content (AvgIpc) is 2.76. The lowest BCUT2D eigenvalue weighted by atomic mass is 10.2. The molecule has 5 heteroatoms. The van der Waals surface area contributed by atoms with Crippen molar-refractivity contribution in [2.45, 2.75) is 12.8 Å². The number of rotatable bonds is 4. The van der Waals surface area contributed by atoms with E-state index in [1.54, 1.807) is 0 Å². The Morgan fingerprint density at radius 2 is 2.00 bits per heavy atom. The van der Waals surface area contributed by atoms with Crippen LogP contribution >= 0.6 is 15.9 Å². The van der Waals surface area contributed by atoms with E-state index in [1.807, 2.05) is 24.3 Å². The molecule has 0 amide bonds. The number of H-pyrrole nitrogens is 1. The highest BCUT2D eigenvalue weighted by Crippen LogP contribution is 2.18. The zero-order valence-corrected chi connectivity index (χ0v) is 10.4. The smallest absolute Gasteiger partial charge is 0.181 e. The Morgan fingerprint density at radius 1 is 1.25 bits per heavy atom. The molecule has 2 rings (SSSR count). The first kappa shape index (κ1) is 11.3. The van der Waals surface area contributed by atoms with Crippen LogP contribution in [0.2, 0.25) is 0 Å². The third-order valence-corrected chi connectivity index (χ3v) is 2.78. The Kier molecular flexibility index (Phi) is 3.69. The number of nitrogens with zero attached hydrogens (tertiary/aromatic N) is 2. The second-order valence-electron chi connectivity index (χ2n) is 3.50. The van der Waals surface area contributed by atoms with Gasteiger partial charge in [-0.1, -0.05) is 28.1 Å². The lowest BCUT2D eigenvalue weighted by Crippen LogP contribution is -2.01. The van der Waals surface area contributed by atoms with E-state index in [-0.39, 0.29) is 0 Å². The molecule has 0 radical (unpaired) electrons. The third-order valence-electron chi connectivity index (χ3n) is 2.25. The van der Waals surface area contributed by atoms with Gasteiger partial charge in [-0.15, -0.1) is 0 Å². The molecule has 3 N–H and O–H groups in total. The predicted molar refractivity (Wildman–Crippen MR) is 66.9 cm³/mol. The second kappa shape index (κ2) is 5.23. The SMILES string of the molecule is NCCCc1nc(-c2ccc(Br)cc2)n[nH]1. The number of benzene rings is 1. The van der Waals surface area contributed by atoms with Gasteiger partial charge in [0.1, 0.15) is 5.82 Å². The standard InChI is InChI=1S/C11H13BrN4/c12-9-5-3-8(4-6-9)11-14-10(15-16-11)2-1-7-13/h3-6H,1-2,7,13H2,(H,14,15,16). The summed E-state index contributed by atoms with van der Waals surface area (Å²) in [7, 11) is 0. The normalized spacial score (nSPS) is 10.6. The van der Waals surface area contributed by atoms with Crippen molar-refractivity contribution >= 4 is 15.9 Å². The number of aromatic nitrogens is 3. The molecule has 0 atom stereocenters. The molecule has 1 aromatic heterocycles. The molecule has 84 valence electrons. The minimum Gasteiger partial charge on any atom is -0.330 e. The highest BCUT2D eigenvalue weighted by molar-refractivity contribution is 9.10. The van der Waals surface area contributed by atoms with E-state index in [2.05, 4.69) is 31.1 Å². The number of halogens is 1. The lowest BCUT2D eigenvalue weighted by Gasteiger charge is -1.94. The number of nitrogens with one attached hydrogen (secondary N) is 1. The molecule has 0 saturated heterocycles. The van der Waals surface area contributed by atoms with Gasteiger partial charge in [0, 0.05) is 16.5 Å². The van der Waals surface area contributed by atoms with E-state index in [1.165, 1.54) is 0 Å². The van der Waals surface area contributed by atoms with Gasteiger partial charge >= 0.3 is 0 Å². The third kappa shape index (κ3) is 2.68. The zero-order valence-electron chi connectivity index (χ0n) is 8.78.